The van der Waals surface area contributed by atoms with Gasteiger partial charge < -0.3 is 5.32 Å². The van der Waals surface area contributed by atoms with Crippen LogP contribution in [0.15, 0.2) is 18.2 Å². The number of carbonyl (C=O) groups excluding carboxylic acids is 3. The summed E-state index contributed by atoms with van der Waals surface area (Å²) in [7, 11) is 0. The Labute approximate surface area is 175 Å². The minimum atomic E-state index is -1.14. The smallest absolute Gasteiger partial charge is 0.250 e. The van der Waals surface area contributed by atoms with Gasteiger partial charge in [-0.1, -0.05) is 30.5 Å². The number of anilines is 1. The van der Waals surface area contributed by atoms with Gasteiger partial charge in [0.2, 0.25) is 17.7 Å². The monoisotopic (exact) mass is 413 g/mol. The van der Waals surface area contributed by atoms with Crippen LogP contribution in [0.25, 0.3) is 0 Å². The highest BCUT2D eigenvalue weighted by atomic mass is 32.2. The van der Waals surface area contributed by atoms with Crippen molar-refractivity contribution in [3.63, 3.8) is 0 Å². The lowest BCUT2D eigenvalue weighted by Gasteiger charge is -2.31. The van der Waals surface area contributed by atoms with Gasteiger partial charge in [-0.2, -0.15) is 11.8 Å². The van der Waals surface area contributed by atoms with Gasteiger partial charge in [-0.3, -0.25) is 24.6 Å². The molecule has 1 spiro atoms. The third-order valence-corrected chi connectivity index (χ3v) is 7.87. The Bertz CT molecular complexity index is 897. The van der Waals surface area contributed by atoms with Crippen molar-refractivity contribution in [2.75, 3.05) is 17.3 Å². The van der Waals surface area contributed by atoms with Crippen LogP contribution in [0.2, 0.25) is 0 Å². The van der Waals surface area contributed by atoms with Crippen molar-refractivity contribution in [1.82, 2.24) is 10.2 Å². The standard InChI is InChI=1S/C22H27N3O3S/c1-12-7-8-15-14(11-12)22(21(28)23-15)18-17(16(24-22)9-10-29-2)19(26)25(20(18)27)13-5-3-4-6-13/h7-8,11,13,16-18,24H,3-6,9-10H2,1-2H3,(H,23,28)/t16-,17-,18-,22-/m1/s1. The number of nitrogens with one attached hydrogen (secondary N) is 2. The number of hydrogen-bond acceptors (Lipinski definition) is 5. The van der Waals surface area contributed by atoms with E-state index in [-0.39, 0.29) is 29.8 Å². The number of thioether (sulfide) groups is 1. The SMILES string of the molecule is CSCC[C@H]1N[C@@]2(C(=O)Nc3ccc(C)cc32)[C@H]2C(=O)N(C3CCCC3)C(=O)[C@H]12. The summed E-state index contributed by atoms with van der Waals surface area (Å²) in [5.74, 6) is -0.677. The first-order chi connectivity index (χ1) is 14.0. The summed E-state index contributed by atoms with van der Waals surface area (Å²) in [6.45, 7) is 1.99. The van der Waals surface area contributed by atoms with E-state index in [0.29, 0.717) is 0 Å². The van der Waals surface area contributed by atoms with Crippen molar-refractivity contribution in [3.8, 4) is 0 Å². The zero-order valence-corrected chi connectivity index (χ0v) is 17.7. The van der Waals surface area contributed by atoms with E-state index in [1.165, 1.54) is 4.90 Å². The summed E-state index contributed by atoms with van der Waals surface area (Å²) in [6, 6.07) is 5.68. The second kappa shape index (κ2) is 6.84. The second-order valence-electron chi connectivity index (χ2n) is 8.83. The maximum atomic E-state index is 13.7. The largest absolute Gasteiger partial charge is 0.324 e. The number of fused-ring (bicyclic) bond motifs is 4. The van der Waals surface area contributed by atoms with Gasteiger partial charge in [0.1, 0.15) is 5.54 Å². The normalized spacial score (nSPS) is 33.7. The van der Waals surface area contributed by atoms with E-state index < -0.39 is 17.4 Å². The van der Waals surface area contributed by atoms with E-state index >= 15 is 0 Å². The van der Waals surface area contributed by atoms with Gasteiger partial charge >= 0.3 is 0 Å². The first-order valence-corrected chi connectivity index (χ1v) is 11.9. The summed E-state index contributed by atoms with van der Waals surface area (Å²) in [4.78, 5) is 42.1. The fourth-order valence-electron chi connectivity index (χ4n) is 5.95. The van der Waals surface area contributed by atoms with E-state index in [1.807, 2.05) is 31.4 Å². The number of amides is 3. The van der Waals surface area contributed by atoms with Crippen LogP contribution in [0, 0.1) is 18.8 Å². The Kier molecular flexibility index (Phi) is 4.51. The zero-order chi connectivity index (χ0) is 20.3. The molecule has 2 N–H and O–H groups in total. The first kappa shape index (κ1) is 19.1. The topological polar surface area (TPSA) is 78.5 Å². The van der Waals surface area contributed by atoms with Crippen LogP contribution in [0.3, 0.4) is 0 Å². The number of nitrogens with zero attached hydrogens (tertiary/aromatic N) is 1. The number of carbonyl (C=O) groups is 3. The molecular weight excluding hydrogens is 386 g/mol. The molecule has 1 aromatic carbocycles. The fourth-order valence-corrected chi connectivity index (χ4v) is 6.44. The molecule has 0 aromatic heterocycles. The minimum Gasteiger partial charge on any atom is -0.324 e. The first-order valence-electron chi connectivity index (χ1n) is 10.5. The summed E-state index contributed by atoms with van der Waals surface area (Å²) >= 11 is 1.72. The van der Waals surface area contributed by atoms with E-state index in [2.05, 4.69) is 10.6 Å². The molecule has 3 heterocycles. The Morgan fingerprint density at radius 1 is 1.17 bits per heavy atom. The highest BCUT2D eigenvalue weighted by Crippen LogP contribution is 2.54. The maximum absolute atomic E-state index is 13.7. The number of likely N-dealkylation sites (tertiary alicyclic amines) is 1. The second-order valence-corrected chi connectivity index (χ2v) is 9.82. The summed E-state index contributed by atoms with van der Waals surface area (Å²) in [5, 5.41) is 6.49. The van der Waals surface area contributed by atoms with Crippen LogP contribution < -0.4 is 10.6 Å². The lowest BCUT2D eigenvalue weighted by Crippen LogP contribution is -2.54. The van der Waals surface area contributed by atoms with Gasteiger partial charge in [0.15, 0.2) is 0 Å². The third-order valence-electron chi connectivity index (χ3n) is 7.23. The summed E-state index contributed by atoms with van der Waals surface area (Å²) < 4.78 is 0. The third kappa shape index (κ3) is 2.56. The van der Waals surface area contributed by atoms with Crippen molar-refractivity contribution >= 4 is 35.2 Å². The Hall–Kier alpha value is -1.86. The molecule has 0 unspecified atom stereocenters. The average molecular weight is 414 g/mol. The molecule has 0 radical (unpaired) electrons. The molecule has 7 heteroatoms. The van der Waals surface area contributed by atoms with Crippen LogP contribution in [-0.2, 0) is 19.9 Å². The molecule has 4 atom stereocenters. The molecule has 1 aliphatic carbocycles. The fraction of sp³-hybridized carbons (Fsp3) is 0.591. The summed E-state index contributed by atoms with van der Waals surface area (Å²) in [5.41, 5.74) is 1.46. The molecule has 3 aliphatic heterocycles. The van der Waals surface area contributed by atoms with E-state index in [1.54, 1.807) is 11.8 Å². The van der Waals surface area contributed by atoms with Crippen LogP contribution in [0.5, 0.6) is 0 Å². The Morgan fingerprint density at radius 3 is 2.66 bits per heavy atom. The number of aryl methyl sites for hydroxylation is 1. The maximum Gasteiger partial charge on any atom is 0.250 e. The molecule has 4 aliphatic rings. The molecule has 5 rings (SSSR count). The van der Waals surface area contributed by atoms with Gasteiger partial charge in [-0.15, -0.1) is 0 Å². The van der Waals surface area contributed by atoms with Crippen LogP contribution in [-0.4, -0.2) is 46.7 Å². The number of benzene rings is 1. The quantitative estimate of drug-likeness (QED) is 0.741. The molecule has 3 fully saturated rings. The van der Waals surface area contributed by atoms with E-state index in [9.17, 15) is 14.4 Å². The molecule has 6 nitrogen and oxygen atoms in total. The van der Waals surface area contributed by atoms with E-state index in [0.717, 1.165) is 54.7 Å². The lowest BCUT2D eigenvalue weighted by molar-refractivity contribution is -0.145. The van der Waals surface area contributed by atoms with Crippen molar-refractivity contribution in [3.05, 3.63) is 29.3 Å². The van der Waals surface area contributed by atoms with Crippen LogP contribution >= 0.6 is 11.8 Å². The van der Waals surface area contributed by atoms with Crippen molar-refractivity contribution in [2.45, 2.75) is 56.7 Å². The van der Waals surface area contributed by atoms with Gasteiger partial charge in [-0.05, 0) is 44.3 Å². The average Bonchev–Trinajstić information content (AvgIpc) is 3.43. The van der Waals surface area contributed by atoms with Gasteiger partial charge in [0.05, 0.1) is 11.8 Å². The zero-order valence-electron chi connectivity index (χ0n) is 16.9. The molecule has 1 aromatic rings. The predicted molar refractivity (Wildman–Crippen MR) is 112 cm³/mol. The molecule has 3 amide bonds. The lowest BCUT2D eigenvalue weighted by atomic mass is 9.76. The molecular formula is C22H27N3O3S. The highest BCUT2D eigenvalue weighted by molar-refractivity contribution is 7.98. The number of rotatable bonds is 4. The van der Waals surface area contributed by atoms with Gasteiger partial charge in [-0.25, -0.2) is 0 Å². The molecule has 29 heavy (non-hydrogen) atoms. The van der Waals surface area contributed by atoms with Gasteiger partial charge in [0, 0.05) is 23.3 Å². The molecule has 1 saturated carbocycles. The van der Waals surface area contributed by atoms with Crippen molar-refractivity contribution < 1.29 is 14.4 Å². The molecule has 0 bridgehead atoms. The highest BCUT2D eigenvalue weighted by Gasteiger charge is 2.70. The van der Waals surface area contributed by atoms with Crippen LogP contribution in [0.4, 0.5) is 5.69 Å². The summed E-state index contributed by atoms with van der Waals surface area (Å²) in [6.07, 6.45) is 6.67. The van der Waals surface area contributed by atoms with Gasteiger partial charge in [0.25, 0.3) is 0 Å². The Balaban J connectivity index is 1.63. The van der Waals surface area contributed by atoms with Crippen molar-refractivity contribution in [1.29, 1.82) is 0 Å². The predicted octanol–water partition coefficient (Wildman–Crippen LogP) is 2.41. The minimum absolute atomic E-state index is 0.000273. The number of hydrogen-bond donors (Lipinski definition) is 2. The Morgan fingerprint density at radius 2 is 1.93 bits per heavy atom. The van der Waals surface area contributed by atoms with Crippen molar-refractivity contribution in [2.24, 2.45) is 11.8 Å². The molecule has 2 saturated heterocycles. The van der Waals surface area contributed by atoms with E-state index in [4.69, 9.17) is 0 Å². The molecule has 154 valence electrons. The number of imide groups is 1. The van der Waals surface area contributed by atoms with Crippen LogP contribution in [0.1, 0.15) is 43.2 Å².